The molecule has 5 heteroatoms. The summed E-state index contributed by atoms with van der Waals surface area (Å²) in [5, 5.41) is 12.5. The van der Waals surface area contributed by atoms with Gasteiger partial charge in [-0.1, -0.05) is 0 Å². The molecule has 0 aliphatic carbocycles. The van der Waals surface area contributed by atoms with Crippen LogP contribution in [0.25, 0.3) is 11.1 Å². The van der Waals surface area contributed by atoms with E-state index in [0.717, 1.165) is 11.3 Å². The van der Waals surface area contributed by atoms with E-state index in [9.17, 15) is 5.11 Å². The fourth-order valence-electron chi connectivity index (χ4n) is 1.88. The Morgan fingerprint density at radius 3 is 3.00 bits per heavy atom. The zero-order valence-corrected chi connectivity index (χ0v) is 10.4. The number of benzene rings is 1. The summed E-state index contributed by atoms with van der Waals surface area (Å²) >= 11 is 0. The van der Waals surface area contributed by atoms with E-state index >= 15 is 0 Å². The lowest BCUT2D eigenvalue weighted by atomic mass is 10.2. The molecule has 0 saturated heterocycles. The van der Waals surface area contributed by atoms with Gasteiger partial charge in [-0.15, -0.1) is 0 Å². The summed E-state index contributed by atoms with van der Waals surface area (Å²) in [4.78, 5) is 8.43. The highest BCUT2D eigenvalue weighted by Crippen LogP contribution is 2.23. The number of aromatic nitrogens is 2. The summed E-state index contributed by atoms with van der Waals surface area (Å²) in [7, 11) is 0. The maximum absolute atomic E-state index is 9.36. The van der Waals surface area contributed by atoms with Crippen LogP contribution >= 0.6 is 0 Å². The number of aryl methyl sites for hydroxylation is 1. The van der Waals surface area contributed by atoms with Crippen LogP contribution in [-0.2, 0) is 6.54 Å². The minimum atomic E-state index is 0.167. The van der Waals surface area contributed by atoms with Gasteiger partial charge >= 0.3 is 0 Å². The Labute approximate surface area is 109 Å². The van der Waals surface area contributed by atoms with E-state index in [4.69, 9.17) is 4.42 Å². The summed E-state index contributed by atoms with van der Waals surface area (Å²) in [5.41, 5.74) is 3.36. The number of aromatic hydroxyl groups is 1. The number of fused-ring (bicyclic) bond motifs is 1. The monoisotopic (exact) mass is 255 g/mol. The molecule has 0 bridgehead atoms. The van der Waals surface area contributed by atoms with Crippen molar-refractivity contribution < 1.29 is 9.52 Å². The fraction of sp³-hybridized carbons (Fsp3) is 0.143. The van der Waals surface area contributed by atoms with Gasteiger partial charge in [-0.2, -0.15) is 4.98 Å². The van der Waals surface area contributed by atoms with Gasteiger partial charge in [-0.3, -0.25) is 4.98 Å². The molecule has 2 aromatic heterocycles. The average molecular weight is 255 g/mol. The van der Waals surface area contributed by atoms with Crippen molar-refractivity contribution in [1.82, 2.24) is 9.97 Å². The van der Waals surface area contributed by atoms with E-state index < -0.39 is 0 Å². The van der Waals surface area contributed by atoms with Crippen molar-refractivity contribution in [3.63, 3.8) is 0 Å². The van der Waals surface area contributed by atoms with Crippen LogP contribution in [0.5, 0.6) is 5.75 Å². The second-order valence-corrected chi connectivity index (χ2v) is 4.33. The zero-order chi connectivity index (χ0) is 13.2. The molecule has 3 rings (SSSR count). The number of phenolic OH excluding ortho intramolecular Hbond substituents is 1. The molecular formula is C14H13N3O2. The van der Waals surface area contributed by atoms with Crippen LogP contribution in [0.15, 0.2) is 40.9 Å². The van der Waals surface area contributed by atoms with E-state index in [-0.39, 0.29) is 5.75 Å². The minimum Gasteiger partial charge on any atom is -0.508 e. The normalized spacial score (nSPS) is 10.8. The molecule has 0 spiro atoms. The molecular weight excluding hydrogens is 242 g/mol. The molecule has 19 heavy (non-hydrogen) atoms. The van der Waals surface area contributed by atoms with Crippen LogP contribution in [-0.4, -0.2) is 15.1 Å². The number of pyridine rings is 1. The van der Waals surface area contributed by atoms with Gasteiger partial charge in [0.2, 0.25) is 0 Å². The first-order chi connectivity index (χ1) is 9.20. The molecule has 2 heterocycles. The van der Waals surface area contributed by atoms with Crippen molar-refractivity contribution in [2.75, 3.05) is 5.32 Å². The van der Waals surface area contributed by atoms with Gasteiger partial charge in [-0.25, -0.2) is 0 Å². The van der Waals surface area contributed by atoms with Crippen LogP contribution in [0.1, 0.15) is 11.3 Å². The quantitative estimate of drug-likeness (QED) is 0.753. The van der Waals surface area contributed by atoms with Crippen molar-refractivity contribution in [3.8, 4) is 5.75 Å². The zero-order valence-electron chi connectivity index (χ0n) is 10.4. The smallest absolute Gasteiger partial charge is 0.295 e. The van der Waals surface area contributed by atoms with Crippen molar-refractivity contribution in [1.29, 1.82) is 0 Å². The van der Waals surface area contributed by atoms with Gasteiger partial charge < -0.3 is 14.8 Å². The molecule has 1 aromatic carbocycles. The first-order valence-corrected chi connectivity index (χ1v) is 5.96. The summed E-state index contributed by atoms with van der Waals surface area (Å²) < 4.78 is 5.50. The molecule has 5 nitrogen and oxygen atoms in total. The predicted molar refractivity (Wildman–Crippen MR) is 72.0 cm³/mol. The van der Waals surface area contributed by atoms with E-state index in [1.54, 1.807) is 24.4 Å². The number of nitrogens with one attached hydrogen (secondary N) is 1. The van der Waals surface area contributed by atoms with Gasteiger partial charge in [0, 0.05) is 24.5 Å². The highest BCUT2D eigenvalue weighted by molar-refractivity contribution is 5.75. The maximum atomic E-state index is 9.36. The number of anilines is 1. The van der Waals surface area contributed by atoms with Crippen molar-refractivity contribution in [2.45, 2.75) is 13.5 Å². The van der Waals surface area contributed by atoms with Crippen molar-refractivity contribution in [2.24, 2.45) is 0 Å². The van der Waals surface area contributed by atoms with Gasteiger partial charge in [0.15, 0.2) is 5.58 Å². The lowest BCUT2D eigenvalue weighted by Crippen LogP contribution is -2.00. The Hall–Kier alpha value is -2.56. The van der Waals surface area contributed by atoms with Crippen LogP contribution in [0.4, 0.5) is 6.01 Å². The SMILES string of the molecule is Cc1cc(CNc2nc3ccc(O)cc3o2)ccn1. The number of oxazole rings is 1. The average Bonchev–Trinajstić information content (AvgIpc) is 2.78. The molecule has 0 unspecified atom stereocenters. The van der Waals surface area contributed by atoms with Crippen LogP contribution in [0.3, 0.4) is 0 Å². The first kappa shape index (κ1) is 11.5. The first-order valence-electron chi connectivity index (χ1n) is 5.96. The molecule has 0 aliphatic heterocycles. The summed E-state index contributed by atoms with van der Waals surface area (Å²) in [6.07, 6.45) is 1.77. The largest absolute Gasteiger partial charge is 0.508 e. The Kier molecular flexibility index (Phi) is 2.79. The van der Waals surface area contributed by atoms with Crippen molar-refractivity contribution in [3.05, 3.63) is 47.8 Å². The second-order valence-electron chi connectivity index (χ2n) is 4.33. The van der Waals surface area contributed by atoms with E-state index in [2.05, 4.69) is 15.3 Å². The number of rotatable bonds is 3. The molecule has 96 valence electrons. The third-order valence-corrected chi connectivity index (χ3v) is 2.78. The molecule has 2 N–H and O–H groups in total. The lowest BCUT2D eigenvalue weighted by molar-refractivity contribution is 0.474. The minimum absolute atomic E-state index is 0.167. The number of nitrogens with zero attached hydrogens (tertiary/aromatic N) is 2. The van der Waals surface area contributed by atoms with E-state index in [1.165, 1.54) is 0 Å². The Bertz CT molecular complexity index is 722. The number of hydrogen-bond donors (Lipinski definition) is 2. The number of hydrogen-bond acceptors (Lipinski definition) is 5. The highest BCUT2D eigenvalue weighted by Gasteiger charge is 2.06. The Balaban J connectivity index is 1.78. The fourth-order valence-corrected chi connectivity index (χ4v) is 1.88. The van der Waals surface area contributed by atoms with Crippen LogP contribution < -0.4 is 5.32 Å². The van der Waals surface area contributed by atoms with E-state index in [1.807, 2.05) is 19.1 Å². The summed E-state index contributed by atoms with van der Waals surface area (Å²) in [6.45, 7) is 2.56. The van der Waals surface area contributed by atoms with E-state index in [0.29, 0.717) is 23.7 Å². The molecule has 0 aliphatic rings. The van der Waals surface area contributed by atoms with Crippen LogP contribution in [0, 0.1) is 6.92 Å². The summed E-state index contributed by atoms with van der Waals surface area (Å²) in [5.74, 6) is 0.167. The predicted octanol–water partition coefficient (Wildman–Crippen LogP) is 2.85. The third kappa shape index (κ3) is 2.49. The van der Waals surface area contributed by atoms with Gasteiger partial charge in [0.05, 0.1) is 0 Å². The van der Waals surface area contributed by atoms with Crippen molar-refractivity contribution >= 4 is 17.1 Å². The molecule has 0 radical (unpaired) electrons. The molecule has 0 amide bonds. The molecule has 3 aromatic rings. The Morgan fingerprint density at radius 1 is 1.26 bits per heavy atom. The second kappa shape index (κ2) is 4.61. The standard InChI is InChI=1S/C14H13N3O2/c1-9-6-10(4-5-15-9)8-16-14-17-12-3-2-11(18)7-13(12)19-14/h2-7,18H,8H2,1H3,(H,16,17). The molecule has 0 fully saturated rings. The molecule has 0 saturated carbocycles. The lowest BCUT2D eigenvalue weighted by Gasteiger charge is -2.02. The third-order valence-electron chi connectivity index (χ3n) is 2.78. The van der Waals surface area contributed by atoms with Gasteiger partial charge in [0.1, 0.15) is 11.3 Å². The molecule has 0 atom stereocenters. The highest BCUT2D eigenvalue weighted by atomic mass is 16.4. The Morgan fingerprint density at radius 2 is 2.16 bits per heavy atom. The van der Waals surface area contributed by atoms with Gasteiger partial charge in [-0.05, 0) is 36.8 Å². The van der Waals surface area contributed by atoms with Crippen LogP contribution in [0.2, 0.25) is 0 Å². The summed E-state index contributed by atoms with van der Waals surface area (Å²) in [6, 6.07) is 9.23. The number of phenols is 1. The van der Waals surface area contributed by atoms with Gasteiger partial charge in [0.25, 0.3) is 6.01 Å². The topological polar surface area (TPSA) is 71.2 Å². The maximum Gasteiger partial charge on any atom is 0.295 e.